The van der Waals surface area contributed by atoms with Crippen molar-refractivity contribution >= 4 is 15.6 Å². The van der Waals surface area contributed by atoms with Gasteiger partial charge in [0.25, 0.3) is 0 Å². The Morgan fingerprint density at radius 3 is 1.88 bits per heavy atom. The van der Waals surface area contributed by atoms with Gasteiger partial charge in [-0.05, 0) is 5.41 Å². The minimum absolute atomic E-state index is 0.0704. The van der Waals surface area contributed by atoms with Crippen molar-refractivity contribution in [1.82, 2.24) is 0 Å². The highest BCUT2D eigenvalue weighted by atomic mass is 28.1. The molecule has 0 amide bonds. The fraction of sp³-hybridized carbons (Fsp3) is 0.800. The molecule has 0 atom stereocenters. The van der Waals surface area contributed by atoms with Crippen LogP contribution in [0.25, 0.3) is 0 Å². The van der Waals surface area contributed by atoms with Crippen LogP contribution in [0.2, 0.25) is 0 Å². The van der Waals surface area contributed by atoms with E-state index in [1.54, 1.807) is 0 Å². The summed E-state index contributed by atoms with van der Waals surface area (Å²) in [5, 5.41) is 12.3. The first kappa shape index (κ1) is 7.69. The minimum Gasteiger partial charge on any atom is -0.411 e. The average molecular weight is 131 g/mol. The Hall–Kier alpha value is -0.313. The van der Waals surface area contributed by atoms with E-state index < -0.39 is 0 Å². The summed E-state index contributed by atoms with van der Waals surface area (Å²) in [6.45, 7) is 6.11. The molecule has 0 rings (SSSR count). The zero-order valence-corrected chi connectivity index (χ0v) is 7.89. The van der Waals surface area contributed by atoms with Gasteiger partial charge in [-0.2, -0.15) is 0 Å². The van der Waals surface area contributed by atoms with Crippen LogP contribution in [0.1, 0.15) is 20.8 Å². The van der Waals surface area contributed by atoms with E-state index in [-0.39, 0.29) is 5.41 Å². The predicted octanol–water partition coefficient (Wildman–Crippen LogP) is 0.186. The Balaban J connectivity index is 4.03. The normalized spacial score (nSPS) is 14.6. The standard InChI is InChI=1S/C5H13NOSi/c1-5(2,3)4(8)6-7/h7H,1-3,8H3. The molecule has 0 radical (unpaired) electrons. The van der Waals surface area contributed by atoms with Gasteiger partial charge in [-0.25, -0.2) is 0 Å². The Morgan fingerprint density at radius 1 is 1.50 bits per heavy atom. The summed E-state index contributed by atoms with van der Waals surface area (Å²) in [4.78, 5) is 0. The minimum atomic E-state index is 0.0704. The van der Waals surface area contributed by atoms with Crippen LogP contribution in [0.15, 0.2) is 5.16 Å². The van der Waals surface area contributed by atoms with Crippen LogP contribution in [0.5, 0.6) is 0 Å². The lowest BCUT2D eigenvalue weighted by Gasteiger charge is -2.15. The molecule has 0 aliphatic heterocycles. The number of hydrogen-bond acceptors (Lipinski definition) is 2. The van der Waals surface area contributed by atoms with E-state index in [4.69, 9.17) is 5.21 Å². The smallest absolute Gasteiger partial charge is 0.0620 e. The van der Waals surface area contributed by atoms with Gasteiger partial charge >= 0.3 is 0 Å². The summed E-state index contributed by atoms with van der Waals surface area (Å²) >= 11 is 0. The molecule has 0 saturated carbocycles. The highest BCUT2D eigenvalue weighted by molar-refractivity contribution is 6.60. The third-order valence-electron chi connectivity index (χ3n) is 1.24. The topological polar surface area (TPSA) is 32.6 Å². The van der Waals surface area contributed by atoms with E-state index >= 15 is 0 Å². The first-order valence-corrected chi connectivity index (χ1v) is 3.67. The van der Waals surface area contributed by atoms with Crippen molar-refractivity contribution in [2.45, 2.75) is 20.8 Å². The lowest BCUT2D eigenvalue weighted by Crippen LogP contribution is -2.19. The van der Waals surface area contributed by atoms with Crippen LogP contribution in [0.3, 0.4) is 0 Å². The van der Waals surface area contributed by atoms with Crippen LogP contribution in [0, 0.1) is 5.41 Å². The summed E-state index contributed by atoms with van der Waals surface area (Å²) in [5.41, 5.74) is 0.0704. The van der Waals surface area contributed by atoms with Crippen molar-refractivity contribution in [2.24, 2.45) is 10.6 Å². The van der Waals surface area contributed by atoms with Gasteiger partial charge in [-0.3, -0.25) is 0 Å². The number of oxime groups is 1. The average Bonchev–Trinajstić information content (AvgIpc) is 1.62. The molecule has 0 fully saturated rings. The van der Waals surface area contributed by atoms with Gasteiger partial charge in [-0.1, -0.05) is 20.8 Å². The van der Waals surface area contributed by atoms with Gasteiger partial charge in [-0.15, -0.1) is 5.16 Å². The molecule has 0 saturated heterocycles. The molecule has 0 unspecified atom stereocenters. The largest absolute Gasteiger partial charge is 0.411 e. The predicted molar refractivity (Wildman–Crippen MR) is 38.6 cm³/mol. The lowest BCUT2D eigenvalue weighted by atomic mass is 9.99. The second kappa shape index (κ2) is 2.30. The molecule has 0 bridgehead atoms. The molecular weight excluding hydrogens is 118 g/mol. The van der Waals surface area contributed by atoms with Crippen molar-refractivity contribution in [3.63, 3.8) is 0 Å². The molecule has 0 spiro atoms. The molecular formula is C5H13NOSi. The Bertz CT molecular complexity index is 103. The first-order chi connectivity index (χ1) is 3.48. The molecule has 0 aromatic heterocycles. The van der Waals surface area contributed by atoms with Crippen LogP contribution < -0.4 is 0 Å². The van der Waals surface area contributed by atoms with Crippen LogP contribution >= 0.6 is 0 Å². The lowest BCUT2D eigenvalue weighted by molar-refractivity contribution is 0.313. The van der Waals surface area contributed by atoms with Gasteiger partial charge < -0.3 is 5.21 Å². The summed E-state index contributed by atoms with van der Waals surface area (Å²) in [6.07, 6.45) is 0. The van der Waals surface area contributed by atoms with Crippen LogP contribution in [-0.2, 0) is 0 Å². The third kappa shape index (κ3) is 2.11. The number of nitrogens with zero attached hydrogens (tertiary/aromatic N) is 1. The van der Waals surface area contributed by atoms with Crippen LogP contribution in [0.4, 0.5) is 0 Å². The molecule has 48 valence electrons. The maximum absolute atomic E-state index is 8.29. The van der Waals surface area contributed by atoms with Gasteiger partial charge in [0.05, 0.1) is 10.2 Å². The summed E-state index contributed by atoms with van der Waals surface area (Å²) in [7, 11) is 0.849. The van der Waals surface area contributed by atoms with Gasteiger partial charge in [0, 0.05) is 5.33 Å². The molecule has 0 aromatic carbocycles. The van der Waals surface area contributed by atoms with Crippen LogP contribution in [-0.4, -0.2) is 20.8 Å². The van der Waals surface area contributed by atoms with Gasteiger partial charge in [0.15, 0.2) is 0 Å². The SMILES string of the molecule is CC(C)(C)C([SiH3])=NO. The van der Waals surface area contributed by atoms with E-state index in [1.807, 2.05) is 20.8 Å². The molecule has 2 nitrogen and oxygen atoms in total. The zero-order valence-electron chi connectivity index (χ0n) is 5.89. The molecule has 3 heteroatoms. The summed E-state index contributed by atoms with van der Waals surface area (Å²) < 4.78 is 0. The van der Waals surface area contributed by atoms with Crippen molar-refractivity contribution in [1.29, 1.82) is 0 Å². The summed E-state index contributed by atoms with van der Waals surface area (Å²) in [5.74, 6) is 0. The molecule has 0 heterocycles. The third-order valence-corrected chi connectivity index (χ3v) is 2.94. The van der Waals surface area contributed by atoms with Crippen molar-refractivity contribution in [3.05, 3.63) is 0 Å². The molecule has 0 aliphatic carbocycles. The van der Waals surface area contributed by atoms with E-state index in [1.165, 1.54) is 0 Å². The van der Waals surface area contributed by atoms with E-state index in [0.29, 0.717) is 0 Å². The second-order valence-electron chi connectivity index (χ2n) is 2.94. The van der Waals surface area contributed by atoms with Crippen molar-refractivity contribution in [3.8, 4) is 0 Å². The van der Waals surface area contributed by atoms with Crippen molar-refractivity contribution in [2.75, 3.05) is 0 Å². The van der Waals surface area contributed by atoms with Crippen molar-refractivity contribution < 1.29 is 5.21 Å². The molecule has 1 N–H and O–H groups in total. The highest BCUT2D eigenvalue weighted by Gasteiger charge is 2.13. The monoisotopic (exact) mass is 131 g/mol. The number of hydrogen-bond donors (Lipinski definition) is 1. The molecule has 0 aromatic rings. The fourth-order valence-corrected chi connectivity index (χ4v) is 0.150. The maximum Gasteiger partial charge on any atom is 0.0620 e. The maximum atomic E-state index is 8.29. The Morgan fingerprint density at radius 2 is 1.88 bits per heavy atom. The van der Waals surface area contributed by atoms with E-state index in [0.717, 1.165) is 15.6 Å². The van der Waals surface area contributed by atoms with Gasteiger partial charge in [0.2, 0.25) is 0 Å². The summed E-state index contributed by atoms with van der Waals surface area (Å²) in [6, 6.07) is 0. The highest BCUT2D eigenvalue weighted by Crippen LogP contribution is 2.12. The first-order valence-electron chi connectivity index (χ1n) is 2.67. The molecule has 0 aliphatic rings. The zero-order chi connectivity index (χ0) is 6.78. The Kier molecular flexibility index (Phi) is 2.21. The second-order valence-corrected chi connectivity index (χ2v) is 3.88. The van der Waals surface area contributed by atoms with Gasteiger partial charge in [0.1, 0.15) is 0 Å². The van der Waals surface area contributed by atoms with E-state index in [2.05, 4.69) is 5.16 Å². The van der Waals surface area contributed by atoms with E-state index in [9.17, 15) is 0 Å². The molecule has 8 heavy (non-hydrogen) atoms. The fourth-order valence-electron chi connectivity index (χ4n) is 0.150. The Labute approximate surface area is 53.0 Å². The number of rotatable bonds is 0. The quantitative estimate of drug-likeness (QED) is 0.216.